The van der Waals surface area contributed by atoms with E-state index in [-0.39, 0.29) is 18.1 Å². The normalized spacial score (nSPS) is 18.8. The zero-order valence-corrected chi connectivity index (χ0v) is 19.1. The van der Waals surface area contributed by atoms with Gasteiger partial charge in [0.2, 0.25) is 5.91 Å². The Bertz CT molecular complexity index is 1090. The van der Waals surface area contributed by atoms with E-state index in [4.69, 9.17) is 4.74 Å². The summed E-state index contributed by atoms with van der Waals surface area (Å²) < 4.78 is 7.53. The monoisotopic (exact) mass is 440 g/mol. The molecule has 1 N–H and O–H groups in total. The Labute approximate surface area is 187 Å². The minimum Gasteiger partial charge on any atom is -0.372 e. The Morgan fingerprint density at radius 2 is 1.75 bits per heavy atom. The molecule has 8 heteroatoms. The molecule has 0 aliphatic carbocycles. The van der Waals surface area contributed by atoms with Crippen LogP contribution in [0, 0.1) is 20.8 Å². The molecule has 2 aliphatic heterocycles. The molecule has 32 heavy (non-hydrogen) atoms. The Morgan fingerprint density at radius 1 is 1.06 bits per heavy atom. The molecule has 2 aliphatic rings. The van der Waals surface area contributed by atoms with E-state index in [1.807, 2.05) is 0 Å². The second kappa shape index (κ2) is 9.03. The average Bonchev–Trinajstić information content (AvgIpc) is 2.75. The number of ether oxygens (including phenoxy) is 1. The van der Waals surface area contributed by atoms with Crippen LogP contribution >= 0.6 is 0 Å². The second-order valence-corrected chi connectivity index (χ2v) is 9.19. The zero-order chi connectivity index (χ0) is 22.9. The molecule has 2 fully saturated rings. The first-order valence-corrected chi connectivity index (χ1v) is 11.3. The molecular formula is C24H32N4O4. The second-order valence-electron chi connectivity index (χ2n) is 9.19. The summed E-state index contributed by atoms with van der Waals surface area (Å²) >= 11 is 0. The van der Waals surface area contributed by atoms with Gasteiger partial charge < -0.3 is 9.64 Å². The van der Waals surface area contributed by atoms with E-state index in [1.165, 1.54) is 27.5 Å². The number of likely N-dealkylation sites (tertiary alicyclic amines) is 1. The van der Waals surface area contributed by atoms with Crippen molar-refractivity contribution in [3.63, 3.8) is 0 Å². The Balaban J connectivity index is 1.37. The molecule has 1 amide bonds. The summed E-state index contributed by atoms with van der Waals surface area (Å²) in [6, 6.07) is 6.43. The van der Waals surface area contributed by atoms with Crippen LogP contribution in [0.1, 0.15) is 35.1 Å². The fraction of sp³-hybridized carbons (Fsp3) is 0.542. The summed E-state index contributed by atoms with van der Waals surface area (Å²) in [6.07, 6.45) is 3.00. The maximum absolute atomic E-state index is 12.8. The van der Waals surface area contributed by atoms with Gasteiger partial charge >= 0.3 is 5.69 Å². The third kappa shape index (κ3) is 4.71. The molecule has 1 aromatic heterocycles. The molecule has 2 saturated heterocycles. The Hall–Kier alpha value is -2.71. The molecule has 0 unspecified atom stereocenters. The minimum atomic E-state index is -0.555. The van der Waals surface area contributed by atoms with Crippen LogP contribution in [0.4, 0.5) is 0 Å². The molecule has 8 nitrogen and oxygen atoms in total. The summed E-state index contributed by atoms with van der Waals surface area (Å²) in [5, 5.41) is 0. The number of nitrogens with one attached hydrogen (secondary N) is 1. The number of hydrogen-bond acceptors (Lipinski definition) is 5. The number of rotatable bonds is 4. The van der Waals surface area contributed by atoms with Crippen molar-refractivity contribution < 1.29 is 9.53 Å². The van der Waals surface area contributed by atoms with E-state index in [0.29, 0.717) is 25.3 Å². The van der Waals surface area contributed by atoms with Gasteiger partial charge in [0.25, 0.3) is 5.56 Å². The molecule has 0 bridgehead atoms. The predicted molar refractivity (Wildman–Crippen MR) is 122 cm³/mol. The Morgan fingerprint density at radius 3 is 2.44 bits per heavy atom. The molecule has 3 heterocycles. The van der Waals surface area contributed by atoms with Gasteiger partial charge in [0.1, 0.15) is 6.54 Å². The van der Waals surface area contributed by atoms with Crippen molar-refractivity contribution in [2.45, 2.75) is 52.3 Å². The van der Waals surface area contributed by atoms with Crippen LogP contribution in [0.15, 0.2) is 34.0 Å². The lowest BCUT2D eigenvalue weighted by atomic mass is 9.89. The highest BCUT2D eigenvalue weighted by molar-refractivity contribution is 5.76. The fourth-order valence-electron chi connectivity index (χ4n) is 4.83. The predicted octanol–water partition coefficient (Wildman–Crippen LogP) is 1.36. The van der Waals surface area contributed by atoms with Gasteiger partial charge in [-0.2, -0.15) is 0 Å². The van der Waals surface area contributed by atoms with Crippen molar-refractivity contribution in [2.75, 3.05) is 32.8 Å². The van der Waals surface area contributed by atoms with Crippen molar-refractivity contribution in [3.8, 4) is 0 Å². The average molecular weight is 441 g/mol. The molecule has 172 valence electrons. The Kier molecular flexibility index (Phi) is 6.35. The maximum atomic E-state index is 12.8. The van der Waals surface area contributed by atoms with Crippen LogP contribution in [-0.2, 0) is 22.6 Å². The van der Waals surface area contributed by atoms with E-state index in [9.17, 15) is 14.4 Å². The number of aryl methyl sites for hydroxylation is 3. The van der Waals surface area contributed by atoms with Crippen molar-refractivity contribution in [2.24, 2.45) is 0 Å². The number of aromatic nitrogens is 2. The van der Waals surface area contributed by atoms with Crippen LogP contribution in [0.3, 0.4) is 0 Å². The third-order valence-corrected chi connectivity index (χ3v) is 6.88. The number of piperidine rings is 1. The summed E-state index contributed by atoms with van der Waals surface area (Å²) in [7, 11) is 0. The highest BCUT2D eigenvalue weighted by atomic mass is 16.5. The van der Waals surface area contributed by atoms with Crippen LogP contribution in [0.5, 0.6) is 0 Å². The standard InChI is InChI=1S/C24H32N4O4/c1-17-5-4-6-18(2)20(17)14-26-11-12-32-24(16-26)7-9-27(10-8-24)21(29)15-28-13-19(3)22(30)25-23(28)31/h4-6,13H,7-12,14-16H2,1-3H3,(H,25,30,31). The highest BCUT2D eigenvalue weighted by Crippen LogP contribution is 2.31. The quantitative estimate of drug-likeness (QED) is 0.776. The number of aromatic amines is 1. The number of hydrogen-bond donors (Lipinski definition) is 1. The lowest BCUT2D eigenvalue weighted by Gasteiger charge is -2.47. The molecule has 0 radical (unpaired) electrons. The number of H-pyrrole nitrogens is 1. The van der Waals surface area contributed by atoms with Crippen molar-refractivity contribution in [1.29, 1.82) is 0 Å². The smallest absolute Gasteiger partial charge is 0.328 e. The van der Waals surface area contributed by atoms with Gasteiger partial charge in [0.05, 0.1) is 12.2 Å². The topological polar surface area (TPSA) is 87.6 Å². The summed E-state index contributed by atoms with van der Waals surface area (Å²) in [5.41, 5.74) is 3.24. The first-order valence-electron chi connectivity index (χ1n) is 11.3. The lowest BCUT2D eigenvalue weighted by Crippen LogP contribution is -2.57. The van der Waals surface area contributed by atoms with E-state index < -0.39 is 11.2 Å². The van der Waals surface area contributed by atoms with Gasteiger partial charge in [-0.15, -0.1) is 0 Å². The largest absolute Gasteiger partial charge is 0.372 e. The molecule has 2 aromatic rings. The minimum absolute atomic E-state index is 0.0665. The van der Waals surface area contributed by atoms with E-state index in [1.54, 1.807) is 11.8 Å². The van der Waals surface area contributed by atoms with Crippen LogP contribution < -0.4 is 11.2 Å². The van der Waals surface area contributed by atoms with E-state index in [2.05, 4.69) is 41.9 Å². The zero-order valence-electron chi connectivity index (χ0n) is 19.1. The summed E-state index contributed by atoms with van der Waals surface area (Å²) in [5.74, 6) is -0.114. The molecule has 0 atom stereocenters. The number of morpholine rings is 1. The first-order chi connectivity index (χ1) is 15.3. The summed E-state index contributed by atoms with van der Waals surface area (Å²) in [4.78, 5) is 42.9. The van der Waals surface area contributed by atoms with Crippen LogP contribution in [-0.4, -0.2) is 63.6 Å². The number of nitrogens with zero attached hydrogens (tertiary/aromatic N) is 3. The van der Waals surface area contributed by atoms with Crippen LogP contribution in [0.2, 0.25) is 0 Å². The van der Waals surface area contributed by atoms with E-state index >= 15 is 0 Å². The molecule has 0 saturated carbocycles. The lowest BCUT2D eigenvalue weighted by molar-refractivity contribution is -0.151. The third-order valence-electron chi connectivity index (χ3n) is 6.88. The number of benzene rings is 1. The first kappa shape index (κ1) is 22.5. The summed E-state index contributed by atoms with van der Waals surface area (Å²) in [6.45, 7) is 10.5. The number of amides is 1. The molecule has 1 spiro atoms. The van der Waals surface area contributed by atoms with Crippen molar-refractivity contribution in [1.82, 2.24) is 19.4 Å². The number of carbonyl (C=O) groups is 1. The molecule has 1 aromatic carbocycles. The molecule has 4 rings (SSSR count). The highest BCUT2D eigenvalue weighted by Gasteiger charge is 2.40. The van der Waals surface area contributed by atoms with Gasteiger partial charge in [-0.3, -0.25) is 24.0 Å². The van der Waals surface area contributed by atoms with E-state index in [0.717, 1.165) is 32.5 Å². The van der Waals surface area contributed by atoms with Gasteiger partial charge in [0, 0.05) is 44.5 Å². The van der Waals surface area contributed by atoms with Crippen LogP contribution in [0.25, 0.3) is 0 Å². The maximum Gasteiger partial charge on any atom is 0.328 e. The van der Waals surface area contributed by atoms with Gasteiger partial charge in [0.15, 0.2) is 0 Å². The SMILES string of the molecule is Cc1cccc(C)c1CN1CCOC2(CCN(C(=O)Cn3cc(C)c(=O)[nH]c3=O)CC2)C1. The number of carbonyl (C=O) groups excluding carboxylic acids is 1. The van der Waals surface area contributed by atoms with Crippen molar-refractivity contribution in [3.05, 3.63) is 67.5 Å². The van der Waals surface area contributed by atoms with Gasteiger partial charge in [-0.25, -0.2) is 4.79 Å². The fourth-order valence-corrected chi connectivity index (χ4v) is 4.83. The molecular weight excluding hydrogens is 408 g/mol. The van der Waals surface area contributed by atoms with Crippen molar-refractivity contribution >= 4 is 5.91 Å². The van der Waals surface area contributed by atoms with Gasteiger partial charge in [-0.1, -0.05) is 18.2 Å². The van der Waals surface area contributed by atoms with Gasteiger partial charge in [-0.05, 0) is 50.3 Å².